The van der Waals surface area contributed by atoms with E-state index in [-0.39, 0.29) is 12.1 Å². The summed E-state index contributed by atoms with van der Waals surface area (Å²) >= 11 is 12.6. The lowest BCUT2D eigenvalue weighted by Gasteiger charge is -2.28. The number of halogens is 1. The van der Waals surface area contributed by atoms with Gasteiger partial charge >= 0.3 is 0 Å². The number of aryl methyl sites for hydroxylation is 1. The molecular weight excluding hydrogens is 518 g/mol. The van der Waals surface area contributed by atoms with Crippen LogP contribution < -0.4 is 15.0 Å². The fourth-order valence-electron chi connectivity index (χ4n) is 4.99. The van der Waals surface area contributed by atoms with E-state index >= 15 is 0 Å². The molecule has 38 heavy (non-hydrogen) atoms. The van der Waals surface area contributed by atoms with E-state index in [4.69, 9.17) is 33.3 Å². The fraction of sp³-hybridized carbons (Fsp3) is 0.276. The van der Waals surface area contributed by atoms with E-state index < -0.39 is 0 Å². The van der Waals surface area contributed by atoms with E-state index in [0.29, 0.717) is 29.1 Å². The molecule has 0 spiro atoms. The monoisotopic (exact) mass is 547 g/mol. The zero-order valence-electron chi connectivity index (χ0n) is 21.6. The Morgan fingerprint density at radius 2 is 1.92 bits per heavy atom. The number of thiocarbonyl (C=S) groups is 1. The van der Waals surface area contributed by atoms with E-state index in [2.05, 4.69) is 50.7 Å². The van der Waals surface area contributed by atoms with Crippen molar-refractivity contribution in [3.05, 3.63) is 106 Å². The molecule has 1 saturated heterocycles. The first-order chi connectivity index (χ1) is 18.5. The molecule has 1 aliphatic heterocycles. The predicted molar refractivity (Wildman–Crippen MR) is 154 cm³/mol. The highest BCUT2D eigenvalue weighted by atomic mass is 35.5. The van der Waals surface area contributed by atoms with Crippen molar-refractivity contribution in [2.24, 2.45) is 0 Å². The van der Waals surface area contributed by atoms with Gasteiger partial charge in [-0.1, -0.05) is 23.7 Å². The first kappa shape index (κ1) is 26.2. The maximum absolute atomic E-state index is 6.65. The molecule has 0 unspecified atom stereocenters. The highest BCUT2D eigenvalue weighted by Gasteiger charge is 2.42. The van der Waals surface area contributed by atoms with Gasteiger partial charge in [0.25, 0.3) is 0 Å². The predicted octanol–water partition coefficient (Wildman–Crippen LogP) is 5.80. The van der Waals surface area contributed by atoms with Gasteiger partial charge in [-0.3, -0.25) is 9.97 Å². The van der Waals surface area contributed by atoms with Crippen molar-refractivity contribution in [3.8, 4) is 5.75 Å². The topological polar surface area (TPSA) is 64.4 Å². The average Bonchev–Trinajstić information content (AvgIpc) is 3.41. The molecule has 0 amide bonds. The number of hydrogen-bond acceptors (Lipinski definition) is 5. The average molecular weight is 548 g/mol. The summed E-state index contributed by atoms with van der Waals surface area (Å²) in [7, 11) is 1.64. The van der Waals surface area contributed by atoms with Gasteiger partial charge in [-0.2, -0.15) is 0 Å². The van der Waals surface area contributed by atoms with Crippen molar-refractivity contribution in [1.82, 2.24) is 19.9 Å². The molecule has 1 aromatic carbocycles. The van der Waals surface area contributed by atoms with Crippen molar-refractivity contribution in [1.29, 1.82) is 0 Å². The quantitative estimate of drug-likeness (QED) is 0.210. The summed E-state index contributed by atoms with van der Waals surface area (Å²) in [6.45, 7) is 5.95. The van der Waals surface area contributed by atoms with Gasteiger partial charge in [0, 0.05) is 49.3 Å². The lowest BCUT2D eigenvalue weighted by atomic mass is 9.96. The number of benzene rings is 1. The lowest BCUT2D eigenvalue weighted by molar-refractivity contribution is 0.146. The van der Waals surface area contributed by atoms with Crippen LogP contribution in [0.5, 0.6) is 5.75 Å². The normalized spacial score (nSPS) is 17.1. The molecule has 0 aliphatic carbocycles. The summed E-state index contributed by atoms with van der Waals surface area (Å²) in [5, 5.41) is 4.67. The summed E-state index contributed by atoms with van der Waals surface area (Å²) in [4.78, 5) is 11.1. The summed E-state index contributed by atoms with van der Waals surface area (Å²) in [6, 6.07) is 17.8. The lowest BCUT2D eigenvalue weighted by Crippen LogP contribution is -2.29. The number of rotatable bonds is 9. The number of hydrogen-bond donors (Lipinski definition) is 1. The van der Waals surface area contributed by atoms with Crippen LogP contribution in [0.25, 0.3) is 0 Å². The molecule has 0 saturated carbocycles. The second-order valence-corrected chi connectivity index (χ2v) is 10.0. The van der Waals surface area contributed by atoms with E-state index in [1.165, 1.54) is 17.0 Å². The van der Waals surface area contributed by atoms with Crippen LogP contribution in [0, 0.1) is 13.8 Å². The molecule has 0 radical (unpaired) electrons. The number of anilines is 1. The van der Waals surface area contributed by atoms with Crippen molar-refractivity contribution in [2.75, 3.05) is 25.2 Å². The van der Waals surface area contributed by atoms with Crippen LogP contribution in [-0.4, -0.2) is 40.0 Å². The number of nitrogens with zero attached hydrogens (tertiary/aromatic N) is 4. The minimum Gasteiger partial charge on any atom is -0.490 e. The highest BCUT2D eigenvalue weighted by Crippen LogP contribution is 2.44. The second-order valence-electron chi connectivity index (χ2n) is 9.23. The van der Waals surface area contributed by atoms with Crippen LogP contribution in [0.4, 0.5) is 5.69 Å². The number of nitrogens with one attached hydrogen (secondary N) is 1. The third kappa shape index (κ3) is 5.25. The largest absolute Gasteiger partial charge is 0.490 e. The number of aromatic nitrogens is 3. The van der Waals surface area contributed by atoms with Gasteiger partial charge < -0.3 is 24.3 Å². The van der Waals surface area contributed by atoms with E-state index in [9.17, 15) is 0 Å². The zero-order chi connectivity index (χ0) is 26.6. The van der Waals surface area contributed by atoms with Crippen LogP contribution in [-0.2, 0) is 11.3 Å². The van der Waals surface area contributed by atoms with Crippen molar-refractivity contribution >= 4 is 34.6 Å². The van der Waals surface area contributed by atoms with Gasteiger partial charge in [0.05, 0.1) is 29.4 Å². The molecule has 1 aliphatic rings. The van der Waals surface area contributed by atoms with Crippen molar-refractivity contribution < 1.29 is 9.47 Å². The Morgan fingerprint density at radius 3 is 2.63 bits per heavy atom. The fourth-order valence-corrected chi connectivity index (χ4v) is 5.56. The third-order valence-corrected chi connectivity index (χ3v) is 7.44. The Balaban J connectivity index is 1.56. The molecule has 1 fully saturated rings. The Bertz CT molecular complexity index is 1410. The molecule has 5 rings (SSSR count). The molecule has 4 heterocycles. The van der Waals surface area contributed by atoms with Crippen LogP contribution in [0.15, 0.2) is 73.2 Å². The molecule has 7 nitrogen and oxygen atoms in total. The maximum atomic E-state index is 6.65. The molecule has 2 atom stereocenters. The molecule has 3 aromatic heterocycles. The molecule has 0 bridgehead atoms. The number of methoxy groups -OCH3 is 1. The van der Waals surface area contributed by atoms with Gasteiger partial charge in [-0.25, -0.2) is 0 Å². The van der Waals surface area contributed by atoms with Gasteiger partial charge in [0.15, 0.2) is 5.11 Å². The van der Waals surface area contributed by atoms with Gasteiger partial charge in [0.2, 0.25) is 0 Å². The Kier molecular flexibility index (Phi) is 7.93. The minimum absolute atomic E-state index is 0.137. The van der Waals surface area contributed by atoms with Gasteiger partial charge in [0.1, 0.15) is 12.4 Å². The van der Waals surface area contributed by atoms with Crippen LogP contribution in [0.2, 0.25) is 5.02 Å². The molecular formula is C29H30ClN5O2S. The minimum atomic E-state index is -0.146. The molecule has 9 heteroatoms. The molecule has 196 valence electrons. The third-order valence-electron chi connectivity index (χ3n) is 6.83. The smallest absolute Gasteiger partial charge is 0.174 e. The highest BCUT2D eigenvalue weighted by molar-refractivity contribution is 7.80. The van der Waals surface area contributed by atoms with Gasteiger partial charge in [-0.05, 0) is 79.7 Å². The number of ether oxygens (including phenoxy) is 2. The first-order valence-corrected chi connectivity index (χ1v) is 13.2. The van der Waals surface area contributed by atoms with E-state index in [0.717, 1.165) is 23.5 Å². The standard InChI is InChI=1S/C29H30ClN5O2S/c1-19-15-23(20(2)34(19)18-21-7-6-11-31-17-21)28-27(25-8-4-5-12-32-25)33-29(38)35(28)22-9-10-26(24(30)16-22)37-14-13-36-3/h4-12,15-17,27-28H,13-14,18H2,1-3H3,(H,33,38)/t27-,28-/m0/s1. The summed E-state index contributed by atoms with van der Waals surface area (Å²) in [6.07, 6.45) is 5.52. The van der Waals surface area contributed by atoms with Crippen LogP contribution >= 0.6 is 23.8 Å². The second kappa shape index (κ2) is 11.5. The van der Waals surface area contributed by atoms with Crippen LogP contribution in [0.1, 0.15) is 40.3 Å². The maximum Gasteiger partial charge on any atom is 0.174 e. The number of pyridine rings is 2. The first-order valence-electron chi connectivity index (χ1n) is 12.5. The summed E-state index contributed by atoms with van der Waals surface area (Å²) in [5.41, 5.74) is 6.45. The van der Waals surface area contributed by atoms with Crippen molar-refractivity contribution in [3.63, 3.8) is 0 Å². The Morgan fingerprint density at radius 1 is 1.05 bits per heavy atom. The summed E-state index contributed by atoms with van der Waals surface area (Å²) in [5.74, 6) is 0.609. The molecule has 4 aromatic rings. The Labute approximate surface area is 233 Å². The molecule has 1 N–H and O–H groups in total. The van der Waals surface area contributed by atoms with E-state index in [1.54, 1.807) is 13.3 Å². The van der Waals surface area contributed by atoms with Crippen molar-refractivity contribution in [2.45, 2.75) is 32.5 Å². The Hall–Kier alpha value is -3.46. The zero-order valence-corrected chi connectivity index (χ0v) is 23.2. The van der Waals surface area contributed by atoms with E-state index in [1.807, 2.05) is 54.9 Å². The summed E-state index contributed by atoms with van der Waals surface area (Å²) < 4.78 is 13.2. The SMILES string of the molecule is COCCOc1ccc(N2C(=S)N[C@@H](c3ccccn3)[C@@H]2c2cc(C)n(Cc3cccnc3)c2C)cc1Cl. The van der Waals surface area contributed by atoms with Crippen LogP contribution in [0.3, 0.4) is 0 Å². The van der Waals surface area contributed by atoms with Gasteiger partial charge in [-0.15, -0.1) is 0 Å².